The molecule has 5 aliphatic carbocycles. The summed E-state index contributed by atoms with van der Waals surface area (Å²) in [4.78, 5) is 56.5. The van der Waals surface area contributed by atoms with Crippen molar-refractivity contribution in [1.29, 1.82) is 0 Å². The minimum atomic E-state index is -1.00. The Morgan fingerprint density at radius 1 is 0.810 bits per heavy atom. The third kappa shape index (κ3) is 9.02. The Morgan fingerprint density at radius 2 is 1.43 bits per heavy atom. The van der Waals surface area contributed by atoms with Crippen LogP contribution in [0, 0.1) is 56.2 Å². The number of Topliss-reactive ketones (excluding diaryl/α,β-unsaturated/α-hetero) is 1. The molecular formula is C53H80ClNO8. The van der Waals surface area contributed by atoms with Crippen LogP contribution in [0.3, 0.4) is 0 Å². The van der Waals surface area contributed by atoms with Crippen LogP contribution in [0.25, 0.3) is 0 Å². The second-order valence-electron chi connectivity index (χ2n) is 24.8. The first-order valence-corrected chi connectivity index (χ1v) is 24.3. The van der Waals surface area contributed by atoms with E-state index in [9.17, 15) is 24.3 Å². The van der Waals surface area contributed by atoms with Gasteiger partial charge in [-0.05, 0) is 170 Å². The number of nitrogens with zero attached hydrogens (tertiary/aromatic N) is 1. The van der Waals surface area contributed by atoms with Gasteiger partial charge in [-0.3, -0.25) is 14.4 Å². The summed E-state index contributed by atoms with van der Waals surface area (Å²) in [6.45, 7) is 31.2. The molecule has 63 heavy (non-hydrogen) atoms. The lowest BCUT2D eigenvalue weighted by Crippen LogP contribution is -2.66. The van der Waals surface area contributed by atoms with Crippen LogP contribution in [0.2, 0.25) is 5.02 Å². The Bertz CT molecular complexity index is 1970. The molecule has 1 aromatic rings. The van der Waals surface area contributed by atoms with E-state index in [1.807, 2.05) is 53.7 Å². The van der Waals surface area contributed by atoms with Gasteiger partial charge in [0, 0.05) is 28.8 Å². The molecular weight excluding hydrogens is 814 g/mol. The van der Waals surface area contributed by atoms with Crippen molar-refractivity contribution < 1.29 is 38.5 Å². The molecule has 9 nitrogen and oxygen atoms in total. The predicted octanol–water partition coefficient (Wildman–Crippen LogP) is 12.1. The number of rotatable bonds is 10. The van der Waals surface area contributed by atoms with Gasteiger partial charge in [0.25, 0.3) is 0 Å². The standard InChI is InChI=1S/C53H80ClNO8/c1-32(2)42-36(56)28-53(39(57)31-55(45(60)63-47(6,7)8)30-33-16-18-34(54)19-17-33)27-26-51(14)35(43(42)53)20-21-38-50(13)24-23-40(49(11,12)37(50)22-25-52(38,51)15)61-41(58)29-48(9,10)44(59)62-46(3,4)5/h16-19,32,35,37-40,57H,20-31H2,1-15H3/t35-,37-,38-,39+,40+,50+,51-,52-,53+/m1/s1. The van der Waals surface area contributed by atoms with Crippen molar-refractivity contribution in [2.75, 3.05) is 6.54 Å². The lowest BCUT2D eigenvalue weighted by Gasteiger charge is -2.72. The lowest BCUT2D eigenvalue weighted by molar-refractivity contribution is -0.235. The average Bonchev–Trinajstić information content (AvgIpc) is 3.45. The van der Waals surface area contributed by atoms with Crippen molar-refractivity contribution >= 4 is 35.4 Å². The fourth-order valence-corrected chi connectivity index (χ4v) is 14.2. The monoisotopic (exact) mass is 894 g/mol. The minimum Gasteiger partial charge on any atom is -0.462 e. The zero-order chi connectivity index (χ0) is 47.1. The first kappa shape index (κ1) is 49.5. The van der Waals surface area contributed by atoms with Gasteiger partial charge in [-0.1, -0.05) is 77.8 Å². The second kappa shape index (κ2) is 16.8. The number of amides is 1. The largest absolute Gasteiger partial charge is 0.462 e. The highest BCUT2D eigenvalue weighted by molar-refractivity contribution is 6.30. The van der Waals surface area contributed by atoms with Crippen molar-refractivity contribution in [1.82, 2.24) is 4.90 Å². The Labute approximate surface area is 384 Å². The molecule has 0 spiro atoms. The number of ketones is 1. The molecule has 6 rings (SSSR count). The van der Waals surface area contributed by atoms with Crippen LogP contribution in [-0.2, 0) is 35.1 Å². The maximum Gasteiger partial charge on any atom is 0.410 e. The fourth-order valence-electron chi connectivity index (χ4n) is 14.0. The molecule has 4 saturated carbocycles. The maximum atomic E-state index is 14.4. The number of fused-ring (bicyclic) bond motifs is 7. The Morgan fingerprint density at radius 3 is 2.02 bits per heavy atom. The summed E-state index contributed by atoms with van der Waals surface area (Å²) in [5, 5.41) is 13.3. The van der Waals surface area contributed by atoms with E-state index in [-0.39, 0.29) is 77.3 Å². The molecule has 0 saturated heterocycles. The van der Waals surface area contributed by atoms with E-state index in [0.717, 1.165) is 61.7 Å². The van der Waals surface area contributed by atoms with Crippen LogP contribution in [-0.4, -0.2) is 63.8 Å². The molecule has 4 fully saturated rings. The van der Waals surface area contributed by atoms with E-state index in [2.05, 4.69) is 48.5 Å². The summed E-state index contributed by atoms with van der Waals surface area (Å²) < 4.78 is 17.9. The van der Waals surface area contributed by atoms with E-state index in [1.165, 1.54) is 0 Å². The summed E-state index contributed by atoms with van der Waals surface area (Å²) >= 11 is 6.22. The van der Waals surface area contributed by atoms with Gasteiger partial charge in [-0.2, -0.15) is 0 Å². The normalized spacial score (nSPS) is 33.4. The maximum absolute atomic E-state index is 14.4. The van der Waals surface area contributed by atoms with Crippen LogP contribution >= 0.6 is 11.6 Å². The summed E-state index contributed by atoms with van der Waals surface area (Å²) in [6, 6.07) is 7.39. The molecule has 10 heteroatoms. The number of halogens is 1. The summed E-state index contributed by atoms with van der Waals surface area (Å²) in [6.07, 6.45) is 5.76. The molecule has 0 aromatic heterocycles. The van der Waals surface area contributed by atoms with E-state index < -0.39 is 40.2 Å². The van der Waals surface area contributed by atoms with Gasteiger partial charge in [0.1, 0.15) is 17.3 Å². The van der Waals surface area contributed by atoms with Crippen LogP contribution in [0.5, 0.6) is 0 Å². The van der Waals surface area contributed by atoms with Crippen LogP contribution in [0.1, 0.15) is 174 Å². The first-order valence-electron chi connectivity index (χ1n) is 23.9. The Balaban J connectivity index is 1.27. The summed E-state index contributed by atoms with van der Waals surface area (Å²) in [5.74, 6) is 0.263. The highest BCUT2D eigenvalue weighted by atomic mass is 35.5. The summed E-state index contributed by atoms with van der Waals surface area (Å²) in [5.41, 5.74) is -0.641. The highest BCUT2D eigenvalue weighted by Crippen LogP contribution is 2.77. The van der Waals surface area contributed by atoms with Crippen LogP contribution < -0.4 is 0 Å². The summed E-state index contributed by atoms with van der Waals surface area (Å²) in [7, 11) is 0. The molecule has 352 valence electrons. The van der Waals surface area contributed by atoms with Gasteiger partial charge >= 0.3 is 18.0 Å². The number of carbonyl (C=O) groups is 4. The molecule has 0 bridgehead atoms. The first-order chi connectivity index (χ1) is 28.8. The quantitative estimate of drug-likeness (QED) is 0.182. The number of hydrogen-bond donors (Lipinski definition) is 1. The number of aliphatic hydroxyl groups excluding tert-OH is 1. The highest BCUT2D eigenvalue weighted by Gasteiger charge is 2.71. The second-order valence-corrected chi connectivity index (χ2v) is 25.2. The van der Waals surface area contributed by atoms with Crippen molar-refractivity contribution in [3.63, 3.8) is 0 Å². The SMILES string of the molecule is CC(C)C1=C2[C@H]3CC[C@@H]4[C@@]5(C)CC[C@H](OC(=O)CC(C)(C)C(=O)OC(C)(C)C)C(C)(C)[C@H]5CC[C@@]4(C)[C@]3(C)CC[C@@]2([C@@H](O)CN(Cc2ccc(Cl)cc2)C(=O)OC(C)(C)C)CC1=O. The third-order valence-corrected chi connectivity index (χ3v) is 17.5. The van der Waals surface area contributed by atoms with Gasteiger partial charge in [0.2, 0.25) is 0 Å². The van der Waals surface area contributed by atoms with Gasteiger partial charge in [-0.15, -0.1) is 0 Å². The lowest BCUT2D eigenvalue weighted by atomic mass is 9.33. The van der Waals surface area contributed by atoms with Gasteiger partial charge in [0.05, 0.1) is 24.5 Å². The molecule has 5 aliphatic rings. The zero-order valence-electron chi connectivity index (χ0n) is 41.4. The Kier molecular flexibility index (Phi) is 13.2. The number of carbonyl (C=O) groups excluding carboxylic acids is 4. The zero-order valence-corrected chi connectivity index (χ0v) is 42.1. The van der Waals surface area contributed by atoms with E-state index in [0.29, 0.717) is 23.3 Å². The van der Waals surface area contributed by atoms with Gasteiger partial charge < -0.3 is 24.2 Å². The minimum absolute atomic E-state index is 0.00670. The molecule has 0 radical (unpaired) electrons. The average molecular weight is 895 g/mol. The van der Waals surface area contributed by atoms with Crippen molar-refractivity contribution in [2.24, 2.45) is 56.2 Å². The van der Waals surface area contributed by atoms with Crippen LogP contribution in [0.4, 0.5) is 4.79 Å². The van der Waals surface area contributed by atoms with Crippen molar-refractivity contribution in [2.45, 2.75) is 198 Å². The van der Waals surface area contributed by atoms with Crippen molar-refractivity contribution in [3.8, 4) is 0 Å². The molecule has 0 heterocycles. The van der Waals surface area contributed by atoms with Gasteiger partial charge in [-0.25, -0.2) is 4.79 Å². The number of allylic oxidation sites excluding steroid dienone is 1. The van der Waals surface area contributed by atoms with E-state index >= 15 is 0 Å². The number of hydrogen-bond acceptors (Lipinski definition) is 8. The molecule has 1 N–H and O–H groups in total. The predicted molar refractivity (Wildman–Crippen MR) is 248 cm³/mol. The molecule has 0 aliphatic heterocycles. The number of aliphatic hydroxyl groups is 1. The molecule has 0 unspecified atom stereocenters. The van der Waals surface area contributed by atoms with E-state index in [4.69, 9.17) is 25.8 Å². The number of esters is 2. The smallest absolute Gasteiger partial charge is 0.410 e. The number of benzene rings is 1. The number of ether oxygens (including phenoxy) is 3. The topological polar surface area (TPSA) is 119 Å². The third-order valence-electron chi connectivity index (χ3n) is 17.2. The fraction of sp³-hybridized carbons (Fsp3) is 0.774. The molecule has 1 amide bonds. The molecule has 9 atom stereocenters. The molecule has 1 aromatic carbocycles. The van der Waals surface area contributed by atoms with Gasteiger partial charge in [0.15, 0.2) is 5.78 Å². The van der Waals surface area contributed by atoms with Crippen LogP contribution in [0.15, 0.2) is 35.4 Å². The van der Waals surface area contributed by atoms with E-state index in [1.54, 1.807) is 30.9 Å². The Hall–Kier alpha value is -2.91. The van der Waals surface area contributed by atoms with Crippen molar-refractivity contribution in [3.05, 3.63) is 46.0 Å².